The highest BCUT2D eigenvalue weighted by molar-refractivity contribution is 6.39. The first-order chi connectivity index (χ1) is 10.1. The molecule has 0 amide bonds. The highest BCUT2D eigenvalue weighted by Gasteiger charge is 2.34. The van der Waals surface area contributed by atoms with Gasteiger partial charge in [0.25, 0.3) is 0 Å². The van der Waals surface area contributed by atoms with E-state index in [0.29, 0.717) is 5.56 Å². The zero-order valence-corrected chi connectivity index (χ0v) is 11.0. The molecule has 0 fully saturated rings. The van der Waals surface area contributed by atoms with Crippen molar-refractivity contribution in [3.8, 4) is 0 Å². The number of carbonyl (C=O) groups excluding carboxylic acids is 3. The van der Waals surface area contributed by atoms with Gasteiger partial charge >= 0.3 is 0 Å². The Morgan fingerprint density at radius 1 is 0.762 bits per heavy atom. The summed E-state index contributed by atoms with van der Waals surface area (Å²) in [5, 5.41) is 0. The molecule has 21 heavy (non-hydrogen) atoms. The second-order valence-corrected chi connectivity index (χ2v) is 4.69. The first-order valence-electron chi connectivity index (χ1n) is 6.39. The van der Waals surface area contributed by atoms with Crippen molar-refractivity contribution >= 4 is 17.3 Å². The van der Waals surface area contributed by atoms with Crippen LogP contribution in [0.5, 0.6) is 0 Å². The molecule has 1 aliphatic rings. The Kier molecular flexibility index (Phi) is 2.99. The van der Waals surface area contributed by atoms with Gasteiger partial charge in [-0.2, -0.15) is 0 Å². The summed E-state index contributed by atoms with van der Waals surface area (Å²) < 4.78 is 0. The van der Waals surface area contributed by atoms with E-state index in [0.717, 1.165) is 0 Å². The molecule has 2 aromatic rings. The number of carbonyl (C=O) groups is 3. The summed E-state index contributed by atoms with van der Waals surface area (Å²) >= 11 is 0. The quantitative estimate of drug-likeness (QED) is 0.674. The van der Waals surface area contributed by atoms with E-state index >= 15 is 0 Å². The van der Waals surface area contributed by atoms with Gasteiger partial charge in [-0.1, -0.05) is 54.6 Å². The summed E-state index contributed by atoms with van der Waals surface area (Å²) in [6.45, 7) is 0. The number of hydrogen-bond donors (Lipinski definition) is 1. The Balaban J connectivity index is 2.16. The third kappa shape index (κ3) is 1.97. The zero-order chi connectivity index (χ0) is 15.0. The minimum Gasteiger partial charge on any atom is -0.395 e. The predicted molar refractivity (Wildman–Crippen MR) is 77.1 cm³/mol. The van der Waals surface area contributed by atoms with Crippen LogP contribution in [-0.4, -0.2) is 17.3 Å². The Labute approximate surface area is 120 Å². The molecule has 0 spiro atoms. The molecule has 0 saturated heterocycles. The highest BCUT2D eigenvalue weighted by Crippen LogP contribution is 2.26. The van der Waals surface area contributed by atoms with Crippen LogP contribution < -0.4 is 5.73 Å². The van der Waals surface area contributed by atoms with E-state index in [-0.39, 0.29) is 22.4 Å². The molecule has 0 atom stereocenters. The van der Waals surface area contributed by atoms with E-state index < -0.39 is 17.3 Å². The molecular formula is C17H11NO3. The molecule has 0 saturated carbocycles. The van der Waals surface area contributed by atoms with Gasteiger partial charge in [-0.25, -0.2) is 0 Å². The van der Waals surface area contributed by atoms with Crippen LogP contribution in [0.2, 0.25) is 0 Å². The highest BCUT2D eigenvalue weighted by atomic mass is 16.2. The summed E-state index contributed by atoms with van der Waals surface area (Å²) in [7, 11) is 0. The van der Waals surface area contributed by atoms with Gasteiger partial charge in [0.05, 0.1) is 11.3 Å². The van der Waals surface area contributed by atoms with Crippen LogP contribution >= 0.6 is 0 Å². The second kappa shape index (κ2) is 4.83. The van der Waals surface area contributed by atoms with E-state index in [4.69, 9.17) is 5.73 Å². The van der Waals surface area contributed by atoms with Crippen LogP contribution in [-0.2, 0) is 0 Å². The largest absolute Gasteiger partial charge is 0.395 e. The fourth-order valence-electron chi connectivity index (χ4n) is 2.35. The molecule has 4 heteroatoms. The third-order valence-corrected chi connectivity index (χ3v) is 3.42. The fraction of sp³-hybridized carbons (Fsp3) is 0. The van der Waals surface area contributed by atoms with Gasteiger partial charge in [0.1, 0.15) is 0 Å². The van der Waals surface area contributed by atoms with Gasteiger partial charge in [-0.3, -0.25) is 14.4 Å². The Morgan fingerprint density at radius 3 is 1.90 bits per heavy atom. The van der Waals surface area contributed by atoms with Crippen LogP contribution in [0, 0.1) is 0 Å². The summed E-state index contributed by atoms with van der Waals surface area (Å²) in [5.74, 6) is -1.51. The van der Waals surface area contributed by atoms with Crippen LogP contribution in [0.1, 0.15) is 31.1 Å². The fourth-order valence-corrected chi connectivity index (χ4v) is 2.35. The van der Waals surface area contributed by atoms with Crippen molar-refractivity contribution in [1.29, 1.82) is 0 Å². The Morgan fingerprint density at radius 2 is 1.29 bits per heavy atom. The van der Waals surface area contributed by atoms with Crippen molar-refractivity contribution < 1.29 is 14.4 Å². The van der Waals surface area contributed by atoms with Gasteiger partial charge in [0.2, 0.25) is 5.78 Å². The monoisotopic (exact) mass is 277 g/mol. The van der Waals surface area contributed by atoms with Crippen molar-refractivity contribution in [1.82, 2.24) is 0 Å². The first kappa shape index (κ1) is 13.0. The van der Waals surface area contributed by atoms with Gasteiger partial charge in [-0.15, -0.1) is 0 Å². The summed E-state index contributed by atoms with van der Waals surface area (Å²) in [6, 6.07) is 14.7. The minimum absolute atomic E-state index is 0.219. The standard InChI is InChI=1S/C17H11NO3/c18-14-13(15(19)10-6-2-1-3-7-10)16(20)11-8-4-5-9-12(11)17(14)21/h1-9H,18H2. The molecule has 3 rings (SSSR count). The molecule has 0 radical (unpaired) electrons. The lowest BCUT2D eigenvalue weighted by Crippen LogP contribution is -2.30. The van der Waals surface area contributed by atoms with Crippen molar-refractivity contribution in [2.24, 2.45) is 5.73 Å². The smallest absolute Gasteiger partial charge is 0.210 e. The van der Waals surface area contributed by atoms with Gasteiger partial charge in [0, 0.05) is 16.7 Å². The molecule has 1 aliphatic carbocycles. The summed E-state index contributed by atoms with van der Waals surface area (Å²) in [5.41, 5.74) is 6.01. The molecule has 2 aromatic carbocycles. The van der Waals surface area contributed by atoms with Crippen LogP contribution in [0.4, 0.5) is 0 Å². The number of ketones is 3. The number of Topliss-reactive ketones (excluding diaryl/α,β-unsaturated/α-hetero) is 3. The van der Waals surface area contributed by atoms with Crippen LogP contribution in [0.25, 0.3) is 0 Å². The van der Waals surface area contributed by atoms with Gasteiger partial charge in [0.15, 0.2) is 11.6 Å². The zero-order valence-electron chi connectivity index (χ0n) is 11.0. The average Bonchev–Trinajstić information content (AvgIpc) is 2.53. The van der Waals surface area contributed by atoms with Crippen molar-refractivity contribution in [2.75, 3.05) is 0 Å². The number of rotatable bonds is 2. The molecule has 0 heterocycles. The predicted octanol–water partition coefficient (Wildman–Crippen LogP) is 2.16. The summed E-state index contributed by atoms with van der Waals surface area (Å²) in [4.78, 5) is 37.2. The molecule has 0 unspecified atom stereocenters. The Bertz CT molecular complexity index is 804. The number of allylic oxidation sites excluding steroid dienone is 2. The molecule has 102 valence electrons. The lowest BCUT2D eigenvalue weighted by atomic mass is 9.84. The van der Waals surface area contributed by atoms with Crippen molar-refractivity contribution in [2.45, 2.75) is 0 Å². The van der Waals surface area contributed by atoms with Crippen LogP contribution in [0.15, 0.2) is 65.9 Å². The number of benzene rings is 2. The molecular weight excluding hydrogens is 266 g/mol. The lowest BCUT2D eigenvalue weighted by molar-refractivity contribution is 0.0926. The minimum atomic E-state index is -0.527. The molecule has 0 aliphatic heterocycles. The van der Waals surface area contributed by atoms with Gasteiger partial charge in [-0.05, 0) is 0 Å². The van der Waals surface area contributed by atoms with Gasteiger partial charge < -0.3 is 5.73 Å². The second-order valence-electron chi connectivity index (χ2n) is 4.69. The van der Waals surface area contributed by atoms with E-state index in [9.17, 15) is 14.4 Å². The topological polar surface area (TPSA) is 77.2 Å². The van der Waals surface area contributed by atoms with E-state index in [1.807, 2.05) is 0 Å². The third-order valence-electron chi connectivity index (χ3n) is 3.42. The first-order valence-corrected chi connectivity index (χ1v) is 6.39. The SMILES string of the molecule is NC1=C(C(=O)c2ccccc2)C(=O)c2ccccc2C1=O. The van der Waals surface area contributed by atoms with E-state index in [2.05, 4.69) is 0 Å². The normalized spacial score (nSPS) is 14.1. The number of hydrogen-bond acceptors (Lipinski definition) is 4. The molecule has 0 bridgehead atoms. The number of nitrogens with two attached hydrogens (primary N) is 1. The maximum absolute atomic E-state index is 12.5. The maximum atomic E-state index is 12.5. The van der Waals surface area contributed by atoms with Crippen LogP contribution in [0.3, 0.4) is 0 Å². The molecule has 2 N–H and O–H groups in total. The van der Waals surface area contributed by atoms with Crippen molar-refractivity contribution in [3.63, 3.8) is 0 Å². The maximum Gasteiger partial charge on any atom is 0.210 e. The molecule has 4 nitrogen and oxygen atoms in total. The molecule has 0 aromatic heterocycles. The summed E-state index contributed by atoms with van der Waals surface area (Å²) in [6.07, 6.45) is 0. The van der Waals surface area contributed by atoms with E-state index in [1.165, 1.54) is 12.1 Å². The van der Waals surface area contributed by atoms with E-state index in [1.54, 1.807) is 42.5 Å². The average molecular weight is 277 g/mol. The lowest BCUT2D eigenvalue weighted by Gasteiger charge is -2.17. The number of fused-ring (bicyclic) bond motifs is 1. The Hall–Kier alpha value is -3.01. The van der Waals surface area contributed by atoms with Crippen molar-refractivity contribution in [3.05, 3.63) is 82.6 Å².